The Morgan fingerprint density at radius 3 is 2.44 bits per heavy atom. The zero-order valence-corrected chi connectivity index (χ0v) is 11.0. The van der Waals surface area contributed by atoms with Gasteiger partial charge in [-0.1, -0.05) is 20.3 Å². The standard InChI is InChI=1S/C11H21NO3S/c1-4-6-8(3)16-9(7-10(13)14)11(15)12-5-2/h8-9H,4-7H2,1-3H3,(H,12,15)(H,13,14). The molecule has 0 spiro atoms. The number of amides is 1. The Morgan fingerprint density at radius 1 is 1.38 bits per heavy atom. The molecule has 0 aromatic rings. The molecular weight excluding hydrogens is 226 g/mol. The lowest BCUT2D eigenvalue weighted by molar-refractivity contribution is -0.138. The van der Waals surface area contributed by atoms with E-state index in [0.29, 0.717) is 11.8 Å². The van der Waals surface area contributed by atoms with E-state index in [4.69, 9.17) is 5.11 Å². The molecule has 0 saturated heterocycles. The molecule has 1 amide bonds. The summed E-state index contributed by atoms with van der Waals surface area (Å²) >= 11 is 1.45. The van der Waals surface area contributed by atoms with Crippen LogP contribution in [0.2, 0.25) is 0 Å². The van der Waals surface area contributed by atoms with Crippen LogP contribution in [0.5, 0.6) is 0 Å². The summed E-state index contributed by atoms with van der Waals surface area (Å²) in [6, 6.07) is 0. The highest BCUT2D eigenvalue weighted by molar-refractivity contribution is 8.01. The van der Waals surface area contributed by atoms with E-state index in [9.17, 15) is 9.59 Å². The lowest BCUT2D eigenvalue weighted by atomic mass is 10.3. The van der Waals surface area contributed by atoms with Crippen LogP contribution in [0.4, 0.5) is 0 Å². The van der Waals surface area contributed by atoms with Crippen molar-refractivity contribution in [1.82, 2.24) is 5.32 Å². The van der Waals surface area contributed by atoms with Gasteiger partial charge in [-0.15, -0.1) is 11.8 Å². The summed E-state index contributed by atoms with van der Waals surface area (Å²) in [6.07, 6.45) is 1.94. The molecule has 0 bridgehead atoms. The number of carboxylic acid groups (broad SMARTS) is 1. The number of carbonyl (C=O) groups excluding carboxylic acids is 1. The second-order valence-electron chi connectivity index (χ2n) is 3.72. The molecule has 2 unspecified atom stereocenters. The first-order valence-corrected chi connectivity index (χ1v) is 6.60. The average molecular weight is 247 g/mol. The number of carboxylic acids is 1. The van der Waals surface area contributed by atoms with Gasteiger partial charge in [0.1, 0.15) is 0 Å². The van der Waals surface area contributed by atoms with Gasteiger partial charge in [0.05, 0.1) is 11.7 Å². The quantitative estimate of drug-likeness (QED) is 0.687. The number of nitrogens with one attached hydrogen (secondary N) is 1. The second-order valence-corrected chi connectivity index (χ2v) is 5.36. The van der Waals surface area contributed by atoms with E-state index in [1.165, 1.54) is 11.8 Å². The maximum Gasteiger partial charge on any atom is 0.305 e. The molecule has 0 radical (unpaired) electrons. The summed E-state index contributed by atoms with van der Waals surface area (Å²) in [5.74, 6) is -1.09. The molecule has 4 nitrogen and oxygen atoms in total. The van der Waals surface area contributed by atoms with Crippen LogP contribution in [-0.4, -0.2) is 34.0 Å². The number of thioether (sulfide) groups is 1. The van der Waals surface area contributed by atoms with Crippen molar-refractivity contribution in [2.45, 2.75) is 50.5 Å². The van der Waals surface area contributed by atoms with E-state index in [-0.39, 0.29) is 12.3 Å². The van der Waals surface area contributed by atoms with Crippen molar-refractivity contribution in [2.24, 2.45) is 0 Å². The van der Waals surface area contributed by atoms with Gasteiger partial charge in [-0.25, -0.2) is 0 Å². The lowest BCUT2D eigenvalue weighted by Gasteiger charge is -2.18. The zero-order chi connectivity index (χ0) is 12.6. The summed E-state index contributed by atoms with van der Waals surface area (Å²) in [5, 5.41) is 11.3. The fourth-order valence-corrected chi connectivity index (χ4v) is 2.78. The summed E-state index contributed by atoms with van der Waals surface area (Å²) in [4.78, 5) is 22.3. The van der Waals surface area contributed by atoms with E-state index in [1.54, 1.807) is 0 Å². The number of carbonyl (C=O) groups is 2. The first-order valence-electron chi connectivity index (χ1n) is 5.66. The molecular formula is C11H21NO3S. The van der Waals surface area contributed by atoms with Crippen LogP contribution in [0.1, 0.15) is 40.0 Å². The third-order valence-electron chi connectivity index (χ3n) is 2.10. The minimum absolute atomic E-state index is 0.107. The molecule has 2 N–H and O–H groups in total. The minimum atomic E-state index is -0.924. The minimum Gasteiger partial charge on any atom is -0.481 e. The van der Waals surface area contributed by atoms with Crippen molar-refractivity contribution >= 4 is 23.6 Å². The summed E-state index contributed by atoms with van der Waals surface area (Å²) < 4.78 is 0. The molecule has 0 heterocycles. The van der Waals surface area contributed by atoms with Gasteiger partial charge in [0.15, 0.2) is 0 Å². The summed E-state index contributed by atoms with van der Waals surface area (Å²) in [7, 11) is 0. The SMILES string of the molecule is CCCC(C)SC(CC(=O)O)C(=O)NCC. The highest BCUT2D eigenvalue weighted by atomic mass is 32.2. The number of hydrogen-bond donors (Lipinski definition) is 2. The van der Waals surface area contributed by atoms with E-state index in [1.807, 2.05) is 13.8 Å². The number of rotatable bonds is 8. The topological polar surface area (TPSA) is 66.4 Å². The zero-order valence-electron chi connectivity index (χ0n) is 10.2. The highest BCUT2D eigenvalue weighted by Crippen LogP contribution is 2.24. The predicted molar refractivity (Wildman–Crippen MR) is 66.7 cm³/mol. The van der Waals surface area contributed by atoms with Gasteiger partial charge in [0.2, 0.25) is 5.91 Å². The molecule has 0 aliphatic rings. The molecule has 16 heavy (non-hydrogen) atoms. The van der Waals surface area contributed by atoms with Crippen molar-refractivity contribution in [2.75, 3.05) is 6.54 Å². The fourth-order valence-electron chi connectivity index (χ4n) is 1.40. The van der Waals surface area contributed by atoms with Gasteiger partial charge >= 0.3 is 5.97 Å². The molecule has 94 valence electrons. The van der Waals surface area contributed by atoms with E-state index >= 15 is 0 Å². The van der Waals surface area contributed by atoms with Crippen molar-refractivity contribution in [3.05, 3.63) is 0 Å². The van der Waals surface area contributed by atoms with Gasteiger partial charge in [0, 0.05) is 11.8 Å². The third-order valence-corrected chi connectivity index (χ3v) is 3.50. The maximum absolute atomic E-state index is 11.6. The lowest BCUT2D eigenvalue weighted by Crippen LogP contribution is -2.34. The average Bonchev–Trinajstić information content (AvgIpc) is 2.16. The number of aliphatic carboxylic acids is 1. The molecule has 0 rings (SSSR count). The third kappa shape index (κ3) is 6.71. The van der Waals surface area contributed by atoms with Crippen LogP contribution in [0.15, 0.2) is 0 Å². The monoisotopic (exact) mass is 247 g/mol. The first kappa shape index (κ1) is 15.3. The van der Waals surface area contributed by atoms with Gasteiger partial charge in [-0.05, 0) is 13.3 Å². The van der Waals surface area contributed by atoms with E-state index in [0.717, 1.165) is 12.8 Å². The van der Waals surface area contributed by atoms with Crippen LogP contribution in [0.25, 0.3) is 0 Å². The van der Waals surface area contributed by atoms with Crippen LogP contribution in [-0.2, 0) is 9.59 Å². The molecule has 5 heteroatoms. The molecule has 0 fully saturated rings. The molecule has 0 aliphatic heterocycles. The molecule has 0 aromatic heterocycles. The van der Waals surface area contributed by atoms with Crippen LogP contribution < -0.4 is 5.32 Å². The predicted octanol–water partition coefficient (Wildman–Crippen LogP) is 1.89. The van der Waals surface area contributed by atoms with Crippen molar-refractivity contribution < 1.29 is 14.7 Å². The molecule has 2 atom stereocenters. The first-order chi connectivity index (χ1) is 7.51. The number of hydrogen-bond acceptors (Lipinski definition) is 3. The van der Waals surface area contributed by atoms with Gasteiger partial charge in [-0.2, -0.15) is 0 Å². The Kier molecular flexibility index (Phi) is 8.07. The summed E-state index contributed by atoms with van der Waals surface area (Å²) in [5.41, 5.74) is 0. The van der Waals surface area contributed by atoms with Crippen molar-refractivity contribution in [3.8, 4) is 0 Å². The Morgan fingerprint density at radius 2 is 2.00 bits per heavy atom. The van der Waals surface area contributed by atoms with Crippen LogP contribution >= 0.6 is 11.8 Å². The Labute approximate surface area is 101 Å². The van der Waals surface area contributed by atoms with Crippen molar-refractivity contribution in [3.63, 3.8) is 0 Å². The van der Waals surface area contributed by atoms with Gasteiger partial charge in [-0.3, -0.25) is 9.59 Å². The highest BCUT2D eigenvalue weighted by Gasteiger charge is 2.23. The second kappa shape index (κ2) is 8.44. The Bertz CT molecular complexity index is 233. The smallest absolute Gasteiger partial charge is 0.305 e. The van der Waals surface area contributed by atoms with Crippen LogP contribution in [0, 0.1) is 0 Å². The fraction of sp³-hybridized carbons (Fsp3) is 0.818. The normalized spacial score (nSPS) is 14.2. The maximum atomic E-state index is 11.6. The van der Waals surface area contributed by atoms with Crippen molar-refractivity contribution in [1.29, 1.82) is 0 Å². The Hall–Kier alpha value is -0.710. The van der Waals surface area contributed by atoms with Crippen LogP contribution in [0.3, 0.4) is 0 Å². The Balaban J connectivity index is 4.30. The molecule has 0 aliphatic carbocycles. The largest absolute Gasteiger partial charge is 0.481 e. The van der Waals surface area contributed by atoms with E-state index in [2.05, 4.69) is 12.2 Å². The molecule has 0 aromatic carbocycles. The molecule has 0 saturated carbocycles. The summed E-state index contributed by atoms with van der Waals surface area (Å²) in [6.45, 7) is 6.48. The van der Waals surface area contributed by atoms with Gasteiger partial charge in [0.25, 0.3) is 0 Å². The van der Waals surface area contributed by atoms with Gasteiger partial charge < -0.3 is 10.4 Å². The van der Waals surface area contributed by atoms with E-state index < -0.39 is 11.2 Å².